The van der Waals surface area contributed by atoms with Crippen molar-refractivity contribution in [2.45, 2.75) is 18.7 Å². The molecule has 9 heteroatoms. The molecule has 1 aliphatic rings. The van der Waals surface area contributed by atoms with E-state index in [2.05, 4.69) is 30.9 Å². The van der Waals surface area contributed by atoms with Crippen molar-refractivity contribution < 1.29 is 13.2 Å². The number of benzene rings is 2. The fourth-order valence-electron chi connectivity index (χ4n) is 3.57. The molecule has 0 saturated carbocycles. The maximum absolute atomic E-state index is 12.9. The van der Waals surface area contributed by atoms with Crippen LogP contribution in [0.15, 0.2) is 41.3 Å². The normalized spacial score (nSPS) is 15.1. The molecule has 164 valence electrons. The molecular weight excluding hydrogens is 432 g/mol. The molecule has 31 heavy (non-hydrogen) atoms. The van der Waals surface area contributed by atoms with Crippen molar-refractivity contribution in [3.63, 3.8) is 0 Å². The van der Waals surface area contributed by atoms with Gasteiger partial charge in [-0.2, -0.15) is 0 Å². The monoisotopic (exact) mass is 458 g/mol. The van der Waals surface area contributed by atoms with Crippen LogP contribution in [0.3, 0.4) is 0 Å². The minimum atomic E-state index is -3.50. The van der Waals surface area contributed by atoms with Crippen molar-refractivity contribution in [2.24, 2.45) is 0 Å². The Hall–Kier alpha value is -2.49. The summed E-state index contributed by atoms with van der Waals surface area (Å²) in [5, 5.41) is 0.991. The Morgan fingerprint density at radius 3 is 2.23 bits per heavy atom. The number of amides is 1. The van der Waals surface area contributed by atoms with Crippen LogP contribution in [0.5, 0.6) is 0 Å². The van der Waals surface area contributed by atoms with E-state index in [9.17, 15) is 13.2 Å². The summed E-state index contributed by atoms with van der Waals surface area (Å²) in [6.45, 7) is 6.85. The minimum Gasteiger partial charge on any atom is -0.345 e. The SMILES string of the molecule is Cc1cc2nc(N3CCN(C(=O)c4ccc(S(=O)(=O)N(C)C)cc4)CC3)sc2cc1C. The number of aryl methyl sites for hydroxylation is 2. The second kappa shape index (κ2) is 8.22. The average molecular weight is 459 g/mol. The highest BCUT2D eigenvalue weighted by Gasteiger charge is 2.25. The van der Waals surface area contributed by atoms with Crippen molar-refractivity contribution in [3.8, 4) is 0 Å². The maximum Gasteiger partial charge on any atom is 0.253 e. The third kappa shape index (κ3) is 4.17. The van der Waals surface area contributed by atoms with Crippen LogP contribution in [0.2, 0.25) is 0 Å². The molecule has 0 N–H and O–H groups in total. The van der Waals surface area contributed by atoms with Gasteiger partial charge in [0.25, 0.3) is 5.91 Å². The number of thiazole rings is 1. The number of anilines is 1. The molecule has 0 unspecified atom stereocenters. The Labute approximate surface area is 187 Å². The molecule has 1 aromatic heterocycles. The van der Waals surface area contributed by atoms with E-state index in [4.69, 9.17) is 4.98 Å². The van der Waals surface area contributed by atoms with Crippen molar-refractivity contribution >= 4 is 42.6 Å². The first-order valence-corrected chi connectivity index (χ1v) is 12.4. The van der Waals surface area contributed by atoms with E-state index >= 15 is 0 Å². The molecule has 2 aromatic carbocycles. The lowest BCUT2D eigenvalue weighted by Crippen LogP contribution is -2.48. The van der Waals surface area contributed by atoms with Gasteiger partial charge in [-0.15, -0.1) is 0 Å². The summed E-state index contributed by atoms with van der Waals surface area (Å²) >= 11 is 1.69. The Bertz CT molecular complexity index is 1190. The molecule has 4 rings (SSSR count). The molecule has 0 radical (unpaired) electrons. The van der Waals surface area contributed by atoms with Crippen LogP contribution >= 0.6 is 11.3 Å². The maximum atomic E-state index is 12.9. The molecule has 3 aromatic rings. The summed E-state index contributed by atoms with van der Waals surface area (Å²) in [5.74, 6) is -0.0796. The number of carbonyl (C=O) groups is 1. The van der Waals surface area contributed by atoms with E-state index in [0.29, 0.717) is 18.7 Å². The van der Waals surface area contributed by atoms with Crippen molar-refractivity contribution in [2.75, 3.05) is 45.2 Å². The summed E-state index contributed by atoms with van der Waals surface area (Å²) in [5.41, 5.74) is 4.03. The standard InChI is InChI=1S/C22H26N4O3S2/c1-15-13-19-20(14-16(15)2)30-22(23-19)26-11-9-25(10-12-26)21(27)17-5-7-18(8-6-17)31(28,29)24(3)4/h5-8,13-14H,9-12H2,1-4H3. The molecule has 7 nitrogen and oxygen atoms in total. The predicted molar refractivity (Wildman–Crippen MR) is 125 cm³/mol. The number of sulfonamides is 1. The van der Waals surface area contributed by atoms with Crippen molar-refractivity contribution in [1.29, 1.82) is 0 Å². The molecule has 1 aliphatic heterocycles. The summed E-state index contributed by atoms with van der Waals surface area (Å²) in [6, 6.07) is 10.5. The number of hydrogen-bond donors (Lipinski definition) is 0. The lowest BCUT2D eigenvalue weighted by molar-refractivity contribution is 0.0746. The number of aromatic nitrogens is 1. The molecule has 1 fully saturated rings. The van der Waals surface area contributed by atoms with Gasteiger partial charge in [-0.05, 0) is 61.4 Å². The Morgan fingerprint density at radius 1 is 1.00 bits per heavy atom. The molecule has 0 spiro atoms. The zero-order valence-corrected chi connectivity index (χ0v) is 19.8. The second-order valence-corrected chi connectivity index (χ2v) is 11.2. The summed E-state index contributed by atoms with van der Waals surface area (Å²) in [7, 11) is -0.527. The van der Waals surface area contributed by atoms with Crippen molar-refractivity contribution in [1.82, 2.24) is 14.2 Å². The molecular formula is C22H26N4O3S2. The van der Waals surface area contributed by atoms with Gasteiger partial charge in [0.1, 0.15) is 0 Å². The lowest BCUT2D eigenvalue weighted by Gasteiger charge is -2.34. The van der Waals surface area contributed by atoms with Crippen LogP contribution in [0.25, 0.3) is 10.2 Å². The fraction of sp³-hybridized carbons (Fsp3) is 0.364. The predicted octanol–water partition coefficient (Wildman–Crippen LogP) is 3.13. The number of piperazine rings is 1. The van der Waals surface area contributed by atoms with Crippen LogP contribution in [0.1, 0.15) is 21.5 Å². The van der Waals surface area contributed by atoms with Crippen LogP contribution in [-0.2, 0) is 10.0 Å². The Morgan fingerprint density at radius 2 is 1.61 bits per heavy atom. The van der Waals surface area contributed by atoms with Crippen LogP contribution < -0.4 is 4.90 Å². The van der Waals surface area contributed by atoms with Crippen molar-refractivity contribution in [3.05, 3.63) is 53.1 Å². The Balaban J connectivity index is 1.43. The number of carbonyl (C=O) groups excluding carboxylic acids is 1. The van der Waals surface area contributed by atoms with E-state index in [-0.39, 0.29) is 10.8 Å². The number of fused-ring (bicyclic) bond motifs is 1. The van der Waals surface area contributed by atoms with Gasteiger partial charge in [0.15, 0.2) is 5.13 Å². The molecule has 1 amide bonds. The third-order valence-corrected chi connectivity index (χ3v) is 8.62. The number of hydrogen-bond acceptors (Lipinski definition) is 6. The minimum absolute atomic E-state index is 0.0796. The first-order valence-electron chi connectivity index (χ1n) is 10.1. The van der Waals surface area contributed by atoms with Crippen LogP contribution in [0, 0.1) is 13.8 Å². The molecule has 0 aliphatic carbocycles. The first-order chi connectivity index (χ1) is 14.7. The Kier molecular flexibility index (Phi) is 5.76. The zero-order chi connectivity index (χ0) is 22.3. The van der Waals surface area contributed by atoms with Gasteiger partial charge in [0, 0.05) is 45.8 Å². The highest BCUT2D eigenvalue weighted by atomic mass is 32.2. The van der Waals surface area contributed by atoms with E-state index in [1.807, 2.05) is 4.90 Å². The smallest absolute Gasteiger partial charge is 0.253 e. The quantitative estimate of drug-likeness (QED) is 0.601. The van der Waals surface area contributed by atoms with E-state index < -0.39 is 10.0 Å². The molecule has 1 saturated heterocycles. The largest absolute Gasteiger partial charge is 0.345 e. The average Bonchev–Trinajstić information content (AvgIpc) is 3.16. The highest BCUT2D eigenvalue weighted by Crippen LogP contribution is 2.31. The van der Waals surface area contributed by atoms with Crippen LogP contribution in [0.4, 0.5) is 5.13 Å². The summed E-state index contributed by atoms with van der Waals surface area (Å²) < 4.78 is 26.8. The molecule has 0 bridgehead atoms. The van der Waals surface area contributed by atoms with Gasteiger partial charge in [0.05, 0.1) is 15.1 Å². The third-order valence-electron chi connectivity index (χ3n) is 5.71. The van der Waals surface area contributed by atoms with Gasteiger partial charge < -0.3 is 9.80 Å². The van der Waals surface area contributed by atoms with E-state index in [1.54, 1.807) is 23.5 Å². The number of nitrogens with zero attached hydrogens (tertiary/aromatic N) is 4. The van der Waals surface area contributed by atoms with Gasteiger partial charge >= 0.3 is 0 Å². The fourth-order valence-corrected chi connectivity index (χ4v) is 5.57. The van der Waals surface area contributed by atoms with E-state index in [1.165, 1.54) is 42.1 Å². The summed E-state index contributed by atoms with van der Waals surface area (Å²) in [6.07, 6.45) is 0. The molecule has 0 atom stereocenters. The second-order valence-electron chi connectivity index (χ2n) is 7.99. The first kappa shape index (κ1) is 21.7. The van der Waals surface area contributed by atoms with Crippen LogP contribution in [-0.4, -0.2) is 68.8 Å². The van der Waals surface area contributed by atoms with Gasteiger partial charge in [-0.3, -0.25) is 4.79 Å². The van der Waals surface area contributed by atoms with Gasteiger partial charge in [0.2, 0.25) is 10.0 Å². The summed E-state index contributed by atoms with van der Waals surface area (Å²) in [4.78, 5) is 21.9. The topological polar surface area (TPSA) is 73.8 Å². The van der Waals surface area contributed by atoms with Gasteiger partial charge in [-0.1, -0.05) is 11.3 Å². The zero-order valence-electron chi connectivity index (χ0n) is 18.1. The van der Waals surface area contributed by atoms with Gasteiger partial charge in [-0.25, -0.2) is 17.7 Å². The number of rotatable bonds is 4. The lowest BCUT2D eigenvalue weighted by atomic mass is 10.1. The molecule has 2 heterocycles. The van der Waals surface area contributed by atoms with E-state index in [0.717, 1.165) is 28.0 Å². The highest BCUT2D eigenvalue weighted by molar-refractivity contribution is 7.89.